The molecular formula is C24H25N3O2S2. The van der Waals surface area contributed by atoms with Gasteiger partial charge in [-0.15, -0.1) is 11.3 Å². The van der Waals surface area contributed by atoms with E-state index in [9.17, 15) is 4.79 Å². The lowest BCUT2D eigenvalue weighted by molar-refractivity contribution is 0.0937. The van der Waals surface area contributed by atoms with E-state index in [2.05, 4.69) is 43.1 Å². The van der Waals surface area contributed by atoms with E-state index < -0.39 is 0 Å². The highest BCUT2D eigenvalue weighted by molar-refractivity contribution is 7.98. The average Bonchev–Trinajstić information content (AvgIpc) is 3.41. The smallest absolute Gasteiger partial charge is 0.263 e. The first-order valence-electron chi connectivity index (χ1n) is 10.8. The van der Waals surface area contributed by atoms with Crippen molar-refractivity contribution >= 4 is 44.2 Å². The fourth-order valence-corrected chi connectivity index (χ4v) is 6.49. The number of hydrogen-bond acceptors (Lipinski definition) is 6. The summed E-state index contributed by atoms with van der Waals surface area (Å²) < 4.78 is 7.71. The lowest BCUT2D eigenvalue weighted by Crippen LogP contribution is -2.29. The van der Waals surface area contributed by atoms with Gasteiger partial charge in [-0.3, -0.25) is 14.3 Å². The molecule has 0 radical (unpaired) electrons. The molecule has 1 unspecified atom stereocenters. The van der Waals surface area contributed by atoms with Gasteiger partial charge in [0.1, 0.15) is 4.83 Å². The van der Waals surface area contributed by atoms with Crippen molar-refractivity contribution in [2.45, 2.75) is 56.7 Å². The van der Waals surface area contributed by atoms with E-state index in [-0.39, 0.29) is 11.7 Å². The summed E-state index contributed by atoms with van der Waals surface area (Å²) in [6, 6.07) is 10.3. The number of hydrogen-bond donors (Lipinski definition) is 0. The molecule has 160 valence electrons. The molecule has 0 saturated carbocycles. The van der Waals surface area contributed by atoms with Crippen LogP contribution in [-0.2, 0) is 23.5 Å². The van der Waals surface area contributed by atoms with Crippen molar-refractivity contribution in [3.63, 3.8) is 0 Å². The number of nitrogens with zero attached hydrogens (tertiary/aromatic N) is 3. The molecule has 4 heterocycles. The Kier molecular flexibility index (Phi) is 5.82. The van der Waals surface area contributed by atoms with Gasteiger partial charge in [-0.1, -0.05) is 43.0 Å². The third-order valence-corrected chi connectivity index (χ3v) is 7.98. The molecule has 1 aliphatic rings. The van der Waals surface area contributed by atoms with E-state index in [0.717, 1.165) is 63.3 Å². The summed E-state index contributed by atoms with van der Waals surface area (Å²) in [5.41, 5.74) is 3.36. The maximum atomic E-state index is 13.6. The Morgan fingerprint density at radius 3 is 2.97 bits per heavy atom. The minimum Gasteiger partial charge on any atom is -0.376 e. The molecule has 1 aliphatic heterocycles. The monoisotopic (exact) mass is 451 g/mol. The summed E-state index contributed by atoms with van der Waals surface area (Å²) in [5, 5.41) is 2.69. The first kappa shape index (κ1) is 20.7. The fraction of sp³-hybridized carbons (Fsp3) is 0.375. The van der Waals surface area contributed by atoms with Gasteiger partial charge < -0.3 is 4.74 Å². The third kappa shape index (κ3) is 3.90. The van der Waals surface area contributed by atoms with Crippen LogP contribution < -0.4 is 5.56 Å². The van der Waals surface area contributed by atoms with Crippen molar-refractivity contribution in [3.8, 4) is 0 Å². The van der Waals surface area contributed by atoms with Crippen LogP contribution in [-0.4, -0.2) is 27.2 Å². The van der Waals surface area contributed by atoms with Crippen molar-refractivity contribution in [3.05, 3.63) is 62.9 Å². The molecule has 0 amide bonds. The Morgan fingerprint density at radius 2 is 2.16 bits per heavy atom. The number of thioether (sulfide) groups is 1. The van der Waals surface area contributed by atoms with E-state index in [4.69, 9.17) is 9.72 Å². The van der Waals surface area contributed by atoms with E-state index >= 15 is 0 Å². The second-order valence-corrected chi connectivity index (χ2v) is 10.0. The quantitative estimate of drug-likeness (QED) is 0.292. The SMILES string of the molecule is CCc1c(C)sc2nc(SCc3cccc4cccnc34)n(CC3CCCO3)c(=O)c12. The van der Waals surface area contributed by atoms with Crippen molar-refractivity contribution in [2.24, 2.45) is 0 Å². The minimum absolute atomic E-state index is 0.0697. The van der Waals surface area contributed by atoms with Crippen LogP contribution >= 0.6 is 23.1 Å². The normalized spacial score (nSPS) is 16.5. The largest absolute Gasteiger partial charge is 0.376 e. The highest BCUT2D eigenvalue weighted by Gasteiger charge is 2.23. The number of rotatable bonds is 6. The number of para-hydroxylation sites is 1. The average molecular weight is 452 g/mol. The first-order chi connectivity index (χ1) is 15.2. The van der Waals surface area contributed by atoms with Crippen LogP contribution in [0.5, 0.6) is 0 Å². The zero-order valence-electron chi connectivity index (χ0n) is 17.8. The fourth-order valence-electron chi connectivity index (χ4n) is 4.35. The Bertz CT molecular complexity index is 1300. The van der Waals surface area contributed by atoms with Gasteiger partial charge in [0.25, 0.3) is 5.56 Å². The van der Waals surface area contributed by atoms with Crippen LogP contribution in [0, 0.1) is 6.92 Å². The second kappa shape index (κ2) is 8.73. The van der Waals surface area contributed by atoms with Crippen LogP contribution in [0.2, 0.25) is 0 Å². The van der Waals surface area contributed by atoms with Gasteiger partial charge >= 0.3 is 0 Å². The number of aryl methyl sites for hydroxylation is 2. The molecular weight excluding hydrogens is 426 g/mol. The molecule has 4 aromatic rings. The third-order valence-electron chi connectivity index (χ3n) is 5.91. The van der Waals surface area contributed by atoms with Gasteiger partial charge in [0.2, 0.25) is 0 Å². The molecule has 0 spiro atoms. The highest BCUT2D eigenvalue weighted by atomic mass is 32.2. The van der Waals surface area contributed by atoms with Crippen LogP contribution in [0.4, 0.5) is 0 Å². The van der Waals surface area contributed by atoms with Crippen molar-refractivity contribution in [2.75, 3.05) is 6.61 Å². The van der Waals surface area contributed by atoms with E-state index in [0.29, 0.717) is 12.3 Å². The highest BCUT2D eigenvalue weighted by Crippen LogP contribution is 2.31. The van der Waals surface area contributed by atoms with Gasteiger partial charge in [-0.05, 0) is 43.4 Å². The summed E-state index contributed by atoms with van der Waals surface area (Å²) in [5.74, 6) is 0.711. The topological polar surface area (TPSA) is 57.0 Å². The number of ether oxygens (including phenoxy) is 1. The number of benzene rings is 1. The Hall–Kier alpha value is -2.22. The van der Waals surface area contributed by atoms with Gasteiger partial charge in [-0.25, -0.2) is 4.98 Å². The number of thiophene rings is 1. The summed E-state index contributed by atoms with van der Waals surface area (Å²) in [6.45, 7) is 5.53. The zero-order chi connectivity index (χ0) is 21.4. The summed E-state index contributed by atoms with van der Waals surface area (Å²) in [6.07, 6.45) is 4.80. The lowest BCUT2D eigenvalue weighted by Gasteiger charge is -2.16. The molecule has 7 heteroatoms. The van der Waals surface area contributed by atoms with Crippen molar-refractivity contribution < 1.29 is 4.74 Å². The standard InChI is InChI=1S/C24H25N3O2S2/c1-3-19-15(2)31-22-20(19)23(28)27(13-18-10-6-12-29-18)24(26-22)30-14-17-8-4-7-16-9-5-11-25-21(16)17/h4-5,7-9,11,18H,3,6,10,12-14H2,1-2H3. The maximum absolute atomic E-state index is 13.6. The predicted octanol–water partition coefficient (Wildman–Crippen LogP) is 5.35. The van der Waals surface area contributed by atoms with E-state index in [1.54, 1.807) is 23.1 Å². The number of aromatic nitrogens is 3. The first-order valence-corrected chi connectivity index (χ1v) is 12.6. The Balaban J connectivity index is 1.56. The minimum atomic E-state index is 0.0697. The predicted molar refractivity (Wildman–Crippen MR) is 128 cm³/mol. The van der Waals surface area contributed by atoms with Crippen LogP contribution in [0.1, 0.15) is 35.8 Å². The van der Waals surface area contributed by atoms with Gasteiger partial charge in [0, 0.05) is 28.8 Å². The zero-order valence-corrected chi connectivity index (χ0v) is 19.4. The second-order valence-electron chi connectivity index (χ2n) is 7.90. The molecule has 31 heavy (non-hydrogen) atoms. The Morgan fingerprint density at radius 1 is 1.29 bits per heavy atom. The Labute approximate surface area is 189 Å². The molecule has 0 N–H and O–H groups in total. The van der Waals surface area contributed by atoms with E-state index in [1.807, 2.05) is 16.8 Å². The molecule has 5 rings (SSSR count). The maximum Gasteiger partial charge on any atom is 0.263 e. The van der Waals surface area contributed by atoms with Crippen molar-refractivity contribution in [1.82, 2.24) is 14.5 Å². The summed E-state index contributed by atoms with van der Waals surface area (Å²) >= 11 is 3.24. The van der Waals surface area contributed by atoms with E-state index in [1.165, 1.54) is 4.88 Å². The van der Waals surface area contributed by atoms with Gasteiger partial charge in [0.15, 0.2) is 5.16 Å². The molecule has 1 aromatic carbocycles. The number of fused-ring (bicyclic) bond motifs is 2. The van der Waals surface area contributed by atoms with Gasteiger partial charge in [0.05, 0.1) is 23.6 Å². The van der Waals surface area contributed by atoms with Crippen LogP contribution in [0.15, 0.2) is 46.5 Å². The number of pyridine rings is 1. The molecule has 1 atom stereocenters. The van der Waals surface area contributed by atoms with Crippen LogP contribution in [0.25, 0.3) is 21.1 Å². The summed E-state index contributed by atoms with van der Waals surface area (Å²) in [7, 11) is 0. The van der Waals surface area contributed by atoms with Crippen molar-refractivity contribution in [1.29, 1.82) is 0 Å². The molecule has 0 bridgehead atoms. The molecule has 0 aliphatic carbocycles. The molecule has 5 nitrogen and oxygen atoms in total. The molecule has 1 fully saturated rings. The summed E-state index contributed by atoms with van der Waals surface area (Å²) in [4.78, 5) is 25.2. The lowest BCUT2D eigenvalue weighted by atomic mass is 10.1. The van der Waals surface area contributed by atoms with Crippen LogP contribution in [0.3, 0.4) is 0 Å². The molecule has 1 saturated heterocycles. The van der Waals surface area contributed by atoms with Gasteiger partial charge in [-0.2, -0.15) is 0 Å². The molecule has 3 aromatic heterocycles.